The highest BCUT2D eigenvalue weighted by atomic mass is 19.1. The number of Topliss-reactive ketones (excluding diaryl/α,β-unsaturated/α-hetero) is 1. The van der Waals surface area contributed by atoms with E-state index in [2.05, 4.69) is 31.2 Å². The molecule has 47 heavy (non-hydrogen) atoms. The molecule has 0 saturated heterocycles. The summed E-state index contributed by atoms with van der Waals surface area (Å²) in [6.45, 7) is 7.03. The average Bonchev–Trinajstić information content (AvgIpc) is 3.24. The molecule has 0 spiro atoms. The van der Waals surface area contributed by atoms with Crippen molar-refractivity contribution in [1.29, 1.82) is 0 Å². The van der Waals surface area contributed by atoms with Crippen molar-refractivity contribution in [2.24, 2.45) is 28.6 Å². The minimum Gasteiger partial charge on any atom is -0.458 e. The van der Waals surface area contributed by atoms with Crippen molar-refractivity contribution in [3.63, 3.8) is 0 Å². The zero-order valence-electron chi connectivity index (χ0n) is 29.3. The van der Waals surface area contributed by atoms with Crippen LogP contribution >= 0.6 is 0 Å². The Morgan fingerprint density at radius 2 is 1.66 bits per heavy atom. The van der Waals surface area contributed by atoms with Crippen molar-refractivity contribution in [2.75, 3.05) is 6.61 Å². The number of unbranched alkanes of at least 4 members (excludes halogenated alkanes) is 8. The molecule has 3 saturated carbocycles. The number of carbonyl (C=O) groups is 3. The number of hydrogen-bond acceptors (Lipinski definition) is 6. The van der Waals surface area contributed by atoms with Crippen molar-refractivity contribution < 1.29 is 33.7 Å². The number of aliphatic hydroxyl groups excluding tert-OH is 1. The normalized spacial score (nSPS) is 36.3. The van der Waals surface area contributed by atoms with E-state index in [0.717, 1.165) is 38.5 Å². The van der Waals surface area contributed by atoms with Crippen LogP contribution in [-0.4, -0.2) is 51.7 Å². The summed E-state index contributed by atoms with van der Waals surface area (Å²) in [5.74, 6) is -2.64. The van der Waals surface area contributed by atoms with E-state index < -0.39 is 58.4 Å². The highest BCUT2D eigenvalue weighted by molar-refractivity contribution is 6.01. The zero-order valence-corrected chi connectivity index (χ0v) is 29.3. The molecule has 0 bridgehead atoms. The van der Waals surface area contributed by atoms with Crippen LogP contribution in [0.1, 0.15) is 130 Å². The molecule has 0 heterocycles. The number of allylic oxidation sites excluding steroid dienone is 8. The Bertz CT molecular complexity index is 1250. The van der Waals surface area contributed by atoms with Crippen LogP contribution in [0.15, 0.2) is 48.1 Å². The third-order valence-corrected chi connectivity index (χ3v) is 12.3. The van der Waals surface area contributed by atoms with Crippen LogP contribution < -0.4 is 0 Å². The Kier molecular flexibility index (Phi) is 12.7. The molecular weight excluding hydrogens is 595 g/mol. The fourth-order valence-corrected chi connectivity index (χ4v) is 9.55. The molecule has 0 aromatic rings. The first-order chi connectivity index (χ1) is 22.4. The SMILES string of the molecule is CCCCCC=CCC=CCCCCCCCC(=O)OCC(=O)[C@@]1(O)[C@H](C)C[C@H]2[C@@H]3CCC4=CC(=O)C=C[C@]4(C)[C@@]3(F)[C@@H](O)C[C@@]21C. The quantitative estimate of drug-likeness (QED) is 0.0931. The van der Waals surface area contributed by atoms with Crippen molar-refractivity contribution in [3.05, 3.63) is 48.1 Å². The Morgan fingerprint density at radius 1 is 1.00 bits per heavy atom. The number of rotatable bonds is 17. The second-order valence-electron chi connectivity index (χ2n) is 15.2. The van der Waals surface area contributed by atoms with Gasteiger partial charge in [-0.25, -0.2) is 4.39 Å². The molecule has 4 aliphatic carbocycles. The van der Waals surface area contributed by atoms with Gasteiger partial charge in [0.2, 0.25) is 5.78 Å². The highest BCUT2D eigenvalue weighted by Crippen LogP contribution is 2.70. The highest BCUT2D eigenvalue weighted by Gasteiger charge is 2.75. The van der Waals surface area contributed by atoms with Gasteiger partial charge in [0.15, 0.2) is 18.1 Å². The van der Waals surface area contributed by atoms with Gasteiger partial charge in [-0.15, -0.1) is 0 Å². The maximum absolute atomic E-state index is 17.3. The van der Waals surface area contributed by atoms with Gasteiger partial charge in [0.05, 0.1) is 6.10 Å². The van der Waals surface area contributed by atoms with Crippen molar-refractivity contribution in [1.82, 2.24) is 0 Å². The van der Waals surface area contributed by atoms with E-state index in [1.807, 2.05) is 0 Å². The Morgan fingerprint density at radius 3 is 2.36 bits per heavy atom. The molecule has 0 aromatic heterocycles. The molecule has 0 unspecified atom stereocenters. The van der Waals surface area contributed by atoms with Crippen LogP contribution in [0.5, 0.6) is 0 Å². The van der Waals surface area contributed by atoms with Gasteiger partial charge in [-0.05, 0) is 95.1 Å². The summed E-state index contributed by atoms with van der Waals surface area (Å²) in [7, 11) is 0. The third-order valence-electron chi connectivity index (χ3n) is 12.3. The van der Waals surface area contributed by atoms with Crippen LogP contribution in [0.2, 0.25) is 0 Å². The molecule has 0 aliphatic heterocycles. The van der Waals surface area contributed by atoms with Gasteiger partial charge in [-0.2, -0.15) is 0 Å². The number of aliphatic hydroxyl groups is 2. The predicted molar refractivity (Wildman–Crippen MR) is 183 cm³/mol. The summed E-state index contributed by atoms with van der Waals surface area (Å²) in [6, 6.07) is 0. The summed E-state index contributed by atoms with van der Waals surface area (Å²) in [5, 5.41) is 23.6. The first-order valence-electron chi connectivity index (χ1n) is 18.4. The van der Waals surface area contributed by atoms with E-state index >= 15 is 4.39 Å². The monoisotopic (exact) mass is 654 g/mol. The third kappa shape index (κ3) is 7.32. The molecule has 0 aromatic carbocycles. The predicted octanol–water partition coefficient (Wildman–Crippen LogP) is 8.26. The van der Waals surface area contributed by atoms with Crippen LogP contribution in [0, 0.1) is 28.6 Å². The van der Waals surface area contributed by atoms with E-state index in [1.54, 1.807) is 26.8 Å². The van der Waals surface area contributed by atoms with Crippen LogP contribution in [0.3, 0.4) is 0 Å². The second kappa shape index (κ2) is 15.9. The number of hydrogen-bond donors (Lipinski definition) is 2. The number of alkyl halides is 1. The minimum atomic E-state index is -2.03. The van der Waals surface area contributed by atoms with Crippen molar-refractivity contribution in [3.8, 4) is 0 Å². The van der Waals surface area contributed by atoms with Crippen molar-refractivity contribution in [2.45, 2.75) is 148 Å². The first kappa shape index (κ1) is 37.4. The van der Waals surface area contributed by atoms with Gasteiger partial charge in [0, 0.05) is 23.2 Å². The fraction of sp³-hybridized carbons (Fsp3) is 0.725. The van der Waals surface area contributed by atoms with Crippen LogP contribution in [0.4, 0.5) is 4.39 Å². The van der Waals surface area contributed by atoms with Crippen LogP contribution in [-0.2, 0) is 19.1 Å². The average molecular weight is 655 g/mol. The largest absolute Gasteiger partial charge is 0.458 e. The number of fused-ring (bicyclic) bond motifs is 5. The lowest BCUT2D eigenvalue weighted by Gasteiger charge is -2.62. The number of carbonyl (C=O) groups excluding carboxylic acids is 3. The van der Waals surface area contributed by atoms with E-state index in [4.69, 9.17) is 4.74 Å². The van der Waals surface area contributed by atoms with Gasteiger partial charge >= 0.3 is 5.97 Å². The Labute approximate surface area is 282 Å². The lowest BCUT2D eigenvalue weighted by atomic mass is 9.44. The van der Waals surface area contributed by atoms with E-state index in [9.17, 15) is 24.6 Å². The van der Waals surface area contributed by atoms with Crippen molar-refractivity contribution >= 4 is 17.5 Å². The topological polar surface area (TPSA) is 101 Å². The summed E-state index contributed by atoms with van der Waals surface area (Å²) in [6.07, 6.45) is 25.5. The molecule has 0 radical (unpaired) electrons. The summed E-state index contributed by atoms with van der Waals surface area (Å²) in [4.78, 5) is 38.3. The molecule has 4 aliphatic rings. The maximum atomic E-state index is 17.3. The molecule has 4 rings (SSSR count). The number of ketones is 2. The number of esters is 1. The molecule has 6 nitrogen and oxygen atoms in total. The minimum absolute atomic E-state index is 0.0954. The van der Waals surface area contributed by atoms with E-state index in [-0.39, 0.29) is 24.5 Å². The maximum Gasteiger partial charge on any atom is 0.306 e. The second-order valence-corrected chi connectivity index (χ2v) is 15.2. The number of halogens is 1. The molecule has 262 valence electrons. The molecule has 2 N–H and O–H groups in total. The van der Waals surface area contributed by atoms with Gasteiger partial charge < -0.3 is 14.9 Å². The van der Waals surface area contributed by atoms with E-state index in [0.29, 0.717) is 31.3 Å². The lowest BCUT2D eigenvalue weighted by molar-refractivity contribution is -0.220. The summed E-state index contributed by atoms with van der Waals surface area (Å²) < 4.78 is 22.7. The zero-order chi connectivity index (χ0) is 34.3. The Balaban J connectivity index is 1.21. The van der Waals surface area contributed by atoms with Crippen LogP contribution in [0.25, 0.3) is 0 Å². The smallest absolute Gasteiger partial charge is 0.306 e. The van der Waals surface area contributed by atoms with Gasteiger partial charge in [-0.3, -0.25) is 14.4 Å². The first-order valence-corrected chi connectivity index (χ1v) is 18.4. The standard InChI is InChI=1S/C40H59FO6/c1-5-6-7-8-9-10-11-12-13-14-15-16-17-18-19-20-36(45)47-28-35(44)40(46)29(2)25-33-32-22-21-30-26-31(42)23-24-37(30,3)39(32,41)34(43)27-38(33,40)4/h9-10,12-13,23-24,26,29,32-34,43,46H,5-8,11,14-22,25,27-28H2,1-4H3/t29-,32+,33+,34+,37+,38+,39+,40+/m1/s1. The lowest BCUT2D eigenvalue weighted by Crippen LogP contribution is -2.69. The van der Waals surface area contributed by atoms with Gasteiger partial charge in [-0.1, -0.05) is 88.8 Å². The summed E-state index contributed by atoms with van der Waals surface area (Å²) in [5.41, 5.74) is -5.40. The molecule has 7 heteroatoms. The fourth-order valence-electron chi connectivity index (χ4n) is 9.55. The molecule has 8 atom stereocenters. The Hall–Kier alpha value is -2.38. The molecular formula is C40H59FO6. The summed E-state index contributed by atoms with van der Waals surface area (Å²) >= 11 is 0. The number of ether oxygens (including phenoxy) is 1. The van der Waals surface area contributed by atoms with Gasteiger partial charge in [0.1, 0.15) is 5.60 Å². The molecule has 3 fully saturated rings. The van der Waals surface area contributed by atoms with Gasteiger partial charge in [0.25, 0.3) is 0 Å². The molecule has 0 amide bonds. The van der Waals surface area contributed by atoms with E-state index in [1.165, 1.54) is 37.8 Å².